The Morgan fingerprint density at radius 2 is 1.84 bits per heavy atom. The molecule has 1 aromatic carbocycles. The standard InChI is InChI=1S/C19H23N3O3/c1-21-17(8-11-20-21)15-9-12-22(13-10-15)18(23)7-4-14-2-5-16(6-3-14)19(24)25/h2-3,5-6,8,11,15H,4,7,9-10,12-13H2,1H3,(H,24,25). The highest BCUT2D eigenvalue weighted by Gasteiger charge is 2.25. The number of hydrogen-bond acceptors (Lipinski definition) is 3. The van der Waals surface area contributed by atoms with Crippen molar-refractivity contribution in [1.82, 2.24) is 14.7 Å². The SMILES string of the molecule is Cn1nccc1C1CCN(C(=O)CCc2ccc(C(=O)O)cc2)CC1. The maximum absolute atomic E-state index is 12.4. The molecule has 1 aliphatic rings. The van der Waals surface area contributed by atoms with Gasteiger partial charge in [0.1, 0.15) is 0 Å². The number of rotatable bonds is 5. The van der Waals surface area contributed by atoms with Gasteiger partial charge in [-0.1, -0.05) is 12.1 Å². The number of amides is 1. The van der Waals surface area contributed by atoms with Crippen molar-refractivity contribution in [1.29, 1.82) is 0 Å². The van der Waals surface area contributed by atoms with E-state index >= 15 is 0 Å². The first kappa shape index (κ1) is 17.2. The summed E-state index contributed by atoms with van der Waals surface area (Å²) in [5.41, 5.74) is 2.50. The number of carboxylic acids is 1. The molecule has 1 amide bonds. The summed E-state index contributed by atoms with van der Waals surface area (Å²) >= 11 is 0. The van der Waals surface area contributed by atoms with E-state index in [-0.39, 0.29) is 11.5 Å². The molecule has 2 aromatic rings. The monoisotopic (exact) mass is 341 g/mol. The van der Waals surface area contributed by atoms with Crippen LogP contribution < -0.4 is 0 Å². The number of aromatic carboxylic acids is 1. The summed E-state index contributed by atoms with van der Waals surface area (Å²) in [6, 6.07) is 8.79. The van der Waals surface area contributed by atoms with E-state index in [0.29, 0.717) is 18.8 Å². The number of carbonyl (C=O) groups is 2. The second kappa shape index (κ2) is 7.51. The fourth-order valence-electron chi connectivity index (χ4n) is 3.43. The van der Waals surface area contributed by atoms with Crippen molar-refractivity contribution < 1.29 is 14.7 Å². The first-order valence-electron chi connectivity index (χ1n) is 8.62. The van der Waals surface area contributed by atoms with Gasteiger partial charge in [-0.3, -0.25) is 9.48 Å². The molecule has 0 atom stereocenters. The van der Waals surface area contributed by atoms with Crippen LogP contribution in [0, 0.1) is 0 Å². The van der Waals surface area contributed by atoms with Crippen molar-refractivity contribution >= 4 is 11.9 Å². The van der Waals surface area contributed by atoms with E-state index < -0.39 is 5.97 Å². The quantitative estimate of drug-likeness (QED) is 0.906. The lowest BCUT2D eigenvalue weighted by molar-refractivity contribution is -0.132. The van der Waals surface area contributed by atoms with Gasteiger partial charge < -0.3 is 10.0 Å². The molecular weight excluding hydrogens is 318 g/mol. The minimum atomic E-state index is -0.932. The molecule has 1 fully saturated rings. The third-order valence-corrected chi connectivity index (χ3v) is 4.95. The van der Waals surface area contributed by atoms with Crippen LogP contribution in [0.2, 0.25) is 0 Å². The van der Waals surface area contributed by atoms with Crippen molar-refractivity contribution in [3.05, 3.63) is 53.3 Å². The fourth-order valence-corrected chi connectivity index (χ4v) is 3.43. The smallest absolute Gasteiger partial charge is 0.335 e. The number of carbonyl (C=O) groups excluding carboxylic acids is 1. The summed E-state index contributed by atoms with van der Waals surface area (Å²) in [4.78, 5) is 25.2. The van der Waals surface area contributed by atoms with Gasteiger partial charge >= 0.3 is 5.97 Å². The lowest BCUT2D eigenvalue weighted by Crippen LogP contribution is -2.38. The van der Waals surface area contributed by atoms with Gasteiger partial charge in [-0.15, -0.1) is 0 Å². The van der Waals surface area contributed by atoms with E-state index in [1.54, 1.807) is 24.3 Å². The number of aryl methyl sites for hydroxylation is 2. The molecule has 1 aromatic heterocycles. The average molecular weight is 341 g/mol. The summed E-state index contributed by atoms with van der Waals surface area (Å²) in [6.45, 7) is 1.57. The van der Waals surface area contributed by atoms with Gasteiger partial charge in [0, 0.05) is 44.4 Å². The third-order valence-electron chi connectivity index (χ3n) is 4.95. The minimum absolute atomic E-state index is 0.172. The van der Waals surface area contributed by atoms with E-state index in [9.17, 15) is 9.59 Å². The molecule has 1 N–H and O–H groups in total. The van der Waals surface area contributed by atoms with Gasteiger partial charge in [0.25, 0.3) is 0 Å². The maximum atomic E-state index is 12.4. The summed E-state index contributed by atoms with van der Waals surface area (Å²) in [6.07, 6.45) is 4.86. The molecular formula is C19H23N3O3. The van der Waals surface area contributed by atoms with Gasteiger partial charge in [-0.25, -0.2) is 4.79 Å². The predicted octanol–water partition coefficient (Wildman–Crippen LogP) is 2.46. The van der Waals surface area contributed by atoms with Crippen molar-refractivity contribution in [2.45, 2.75) is 31.6 Å². The lowest BCUT2D eigenvalue weighted by atomic mass is 9.93. The van der Waals surface area contributed by atoms with Crippen LogP contribution in [0.3, 0.4) is 0 Å². The molecule has 25 heavy (non-hydrogen) atoms. The molecule has 6 nitrogen and oxygen atoms in total. The molecule has 0 radical (unpaired) electrons. The van der Waals surface area contributed by atoms with Crippen molar-refractivity contribution in [2.75, 3.05) is 13.1 Å². The Hall–Kier alpha value is -2.63. The van der Waals surface area contributed by atoms with Crippen LogP contribution in [-0.4, -0.2) is 44.8 Å². The predicted molar refractivity (Wildman–Crippen MR) is 93.5 cm³/mol. The average Bonchev–Trinajstić information content (AvgIpc) is 3.06. The van der Waals surface area contributed by atoms with E-state index in [1.807, 2.05) is 22.8 Å². The van der Waals surface area contributed by atoms with Crippen molar-refractivity contribution in [3.63, 3.8) is 0 Å². The largest absolute Gasteiger partial charge is 0.478 e. The van der Waals surface area contributed by atoms with Gasteiger partial charge in [0.15, 0.2) is 0 Å². The highest BCUT2D eigenvalue weighted by atomic mass is 16.4. The number of piperidine rings is 1. The summed E-state index contributed by atoms with van der Waals surface area (Å²) < 4.78 is 1.92. The van der Waals surface area contributed by atoms with Gasteiger partial charge in [-0.05, 0) is 43.0 Å². The number of benzene rings is 1. The Bertz CT molecular complexity index is 744. The highest BCUT2D eigenvalue weighted by molar-refractivity contribution is 5.87. The maximum Gasteiger partial charge on any atom is 0.335 e. The van der Waals surface area contributed by atoms with Crippen LogP contribution in [0.15, 0.2) is 36.5 Å². The zero-order valence-corrected chi connectivity index (χ0v) is 14.4. The van der Waals surface area contributed by atoms with E-state index in [4.69, 9.17) is 5.11 Å². The fraction of sp³-hybridized carbons (Fsp3) is 0.421. The Morgan fingerprint density at radius 1 is 1.16 bits per heavy atom. The van der Waals surface area contributed by atoms with Crippen molar-refractivity contribution in [3.8, 4) is 0 Å². The third kappa shape index (κ3) is 4.07. The van der Waals surface area contributed by atoms with Crippen LogP contribution in [0.25, 0.3) is 0 Å². The number of likely N-dealkylation sites (tertiary alicyclic amines) is 1. The molecule has 0 spiro atoms. The molecule has 0 aliphatic carbocycles. The number of aromatic nitrogens is 2. The van der Waals surface area contributed by atoms with Gasteiger partial charge in [0.2, 0.25) is 5.91 Å². The second-order valence-corrected chi connectivity index (χ2v) is 6.54. The van der Waals surface area contributed by atoms with Crippen LogP contribution >= 0.6 is 0 Å². The molecule has 0 saturated carbocycles. The number of nitrogens with zero attached hydrogens (tertiary/aromatic N) is 3. The zero-order valence-electron chi connectivity index (χ0n) is 14.4. The lowest BCUT2D eigenvalue weighted by Gasteiger charge is -2.32. The Morgan fingerprint density at radius 3 is 2.40 bits per heavy atom. The molecule has 3 rings (SSSR count). The first-order chi connectivity index (χ1) is 12.0. The molecule has 6 heteroatoms. The highest BCUT2D eigenvalue weighted by Crippen LogP contribution is 2.27. The Labute approximate surface area is 147 Å². The van der Waals surface area contributed by atoms with E-state index in [0.717, 1.165) is 31.5 Å². The van der Waals surface area contributed by atoms with E-state index in [1.165, 1.54) is 5.69 Å². The van der Waals surface area contributed by atoms with E-state index in [2.05, 4.69) is 11.2 Å². The molecule has 2 heterocycles. The molecule has 132 valence electrons. The van der Waals surface area contributed by atoms with Crippen LogP contribution in [0.4, 0.5) is 0 Å². The summed E-state index contributed by atoms with van der Waals surface area (Å²) in [5.74, 6) is -0.287. The van der Waals surface area contributed by atoms with Gasteiger partial charge in [-0.2, -0.15) is 5.10 Å². The Kier molecular flexibility index (Phi) is 5.16. The summed E-state index contributed by atoms with van der Waals surface area (Å²) in [5, 5.41) is 13.1. The number of carboxylic acid groups (broad SMARTS) is 1. The first-order valence-corrected chi connectivity index (χ1v) is 8.62. The van der Waals surface area contributed by atoms with Crippen molar-refractivity contribution in [2.24, 2.45) is 7.05 Å². The summed E-state index contributed by atoms with van der Waals surface area (Å²) in [7, 11) is 1.96. The van der Waals surface area contributed by atoms with Crippen LogP contribution in [-0.2, 0) is 18.3 Å². The zero-order chi connectivity index (χ0) is 17.8. The topological polar surface area (TPSA) is 75.4 Å². The Balaban J connectivity index is 1.48. The molecule has 1 aliphatic heterocycles. The molecule has 0 unspecified atom stereocenters. The second-order valence-electron chi connectivity index (χ2n) is 6.54. The normalized spacial score (nSPS) is 15.3. The molecule has 0 bridgehead atoms. The number of hydrogen-bond donors (Lipinski definition) is 1. The van der Waals surface area contributed by atoms with Crippen LogP contribution in [0.5, 0.6) is 0 Å². The van der Waals surface area contributed by atoms with Crippen LogP contribution in [0.1, 0.15) is 46.8 Å². The van der Waals surface area contributed by atoms with Gasteiger partial charge in [0.05, 0.1) is 5.56 Å². The minimum Gasteiger partial charge on any atom is -0.478 e. The molecule has 1 saturated heterocycles.